The molecule has 0 aliphatic rings. The van der Waals surface area contributed by atoms with Crippen LogP contribution in [0.3, 0.4) is 0 Å². The fraction of sp³-hybridized carbons (Fsp3) is 0.375. The number of carbonyl (C=O) groups is 2. The molecule has 8 heteroatoms. The van der Waals surface area contributed by atoms with E-state index in [1.54, 1.807) is 27.2 Å². The number of benzene rings is 1. The normalized spacial score (nSPS) is 10.8. The van der Waals surface area contributed by atoms with Gasteiger partial charge in [-0.25, -0.2) is 4.79 Å². The standard InChI is InChI=1S/C24H28N2O5S/c1-7-18(27)26-23-19(24(28)30-8-2)16-10-9-13(3)21(22(16)32-23)31-12-17-15(5)20(29-6)14(4)11-25-17/h9-11H,7-8,12H2,1-6H3,(H,26,27). The number of aryl methyl sites for hydroxylation is 2. The molecule has 2 heterocycles. The molecule has 1 N–H and O–H groups in total. The zero-order valence-electron chi connectivity index (χ0n) is 19.3. The van der Waals surface area contributed by atoms with Gasteiger partial charge in [0.25, 0.3) is 0 Å². The van der Waals surface area contributed by atoms with Gasteiger partial charge in [-0.3, -0.25) is 9.78 Å². The number of esters is 1. The number of thiophene rings is 1. The molecule has 32 heavy (non-hydrogen) atoms. The highest BCUT2D eigenvalue weighted by atomic mass is 32.1. The Bertz CT molecular complexity index is 1170. The van der Waals surface area contributed by atoms with E-state index in [2.05, 4.69) is 10.3 Å². The highest BCUT2D eigenvalue weighted by molar-refractivity contribution is 7.24. The van der Waals surface area contributed by atoms with Crippen molar-refractivity contribution in [3.8, 4) is 11.5 Å². The van der Waals surface area contributed by atoms with Crippen LogP contribution < -0.4 is 14.8 Å². The average Bonchev–Trinajstić information content (AvgIpc) is 3.12. The minimum atomic E-state index is -0.472. The van der Waals surface area contributed by atoms with Gasteiger partial charge in [-0.2, -0.15) is 0 Å². The zero-order chi connectivity index (χ0) is 23.4. The third-order valence-corrected chi connectivity index (χ3v) is 6.29. The molecular weight excluding hydrogens is 428 g/mol. The van der Waals surface area contributed by atoms with Gasteiger partial charge in [0.2, 0.25) is 5.91 Å². The van der Waals surface area contributed by atoms with E-state index in [1.165, 1.54) is 11.3 Å². The molecule has 2 aromatic heterocycles. The lowest BCUT2D eigenvalue weighted by molar-refractivity contribution is -0.115. The highest BCUT2D eigenvalue weighted by Crippen LogP contribution is 2.43. The quantitative estimate of drug-likeness (QED) is 0.461. The van der Waals surface area contributed by atoms with Crippen LogP contribution in [0.2, 0.25) is 0 Å². The first-order valence-corrected chi connectivity index (χ1v) is 11.3. The molecule has 1 aromatic carbocycles. The van der Waals surface area contributed by atoms with Crippen molar-refractivity contribution in [1.29, 1.82) is 0 Å². The van der Waals surface area contributed by atoms with Crippen LogP contribution >= 0.6 is 11.3 Å². The maximum atomic E-state index is 12.7. The van der Waals surface area contributed by atoms with Crippen LogP contribution in [0, 0.1) is 20.8 Å². The smallest absolute Gasteiger partial charge is 0.341 e. The minimum absolute atomic E-state index is 0.173. The fourth-order valence-electron chi connectivity index (χ4n) is 3.48. The van der Waals surface area contributed by atoms with Crippen molar-refractivity contribution in [3.63, 3.8) is 0 Å². The topological polar surface area (TPSA) is 86.8 Å². The molecule has 0 aliphatic heterocycles. The summed E-state index contributed by atoms with van der Waals surface area (Å²) in [5.74, 6) is 0.795. The maximum Gasteiger partial charge on any atom is 0.341 e. The van der Waals surface area contributed by atoms with Gasteiger partial charge in [-0.15, -0.1) is 11.3 Å². The Hall–Kier alpha value is -3.13. The van der Waals surface area contributed by atoms with E-state index in [9.17, 15) is 9.59 Å². The second kappa shape index (κ2) is 9.99. The molecule has 170 valence electrons. The van der Waals surface area contributed by atoms with Crippen LogP contribution in [-0.2, 0) is 16.1 Å². The van der Waals surface area contributed by atoms with Crippen molar-refractivity contribution in [2.45, 2.75) is 47.6 Å². The largest absolute Gasteiger partial charge is 0.496 e. The molecule has 0 bridgehead atoms. The molecule has 0 fully saturated rings. The lowest BCUT2D eigenvalue weighted by Gasteiger charge is -2.14. The van der Waals surface area contributed by atoms with Crippen LogP contribution in [0.15, 0.2) is 18.3 Å². The Morgan fingerprint density at radius 3 is 2.50 bits per heavy atom. The van der Waals surface area contributed by atoms with Crippen LogP contribution in [0.4, 0.5) is 5.00 Å². The monoisotopic (exact) mass is 456 g/mol. The highest BCUT2D eigenvalue weighted by Gasteiger charge is 2.24. The number of anilines is 1. The number of rotatable bonds is 8. The summed E-state index contributed by atoms with van der Waals surface area (Å²) in [4.78, 5) is 29.3. The number of hydrogen-bond donors (Lipinski definition) is 1. The van der Waals surface area contributed by atoms with E-state index in [0.29, 0.717) is 28.1 Å². The second-order valence-electron chi connectivity index (χ2n) is 7.35. The van der Waals surface area contributed by atoms with Gasteiger partial charge in [0.15, 0.2) is 0 Å². The van der Waals surface area contributed by atoms with Gasteiger partial charge in [-0.1, -0.05) is 19.1 Å². The first-order chi connectivity index (χ1) is 15.3. The summed E-state index contributed by atoms with van der Waals surface area (Å²) < 4.78 is 17.7. The van der Waals surface area contributed by atoms with E-state index in [1.807, 2.05) is 32.9 Å². The predicted octanol–water partition coefficient (Wildman–Crippen LogP) is 5.33. The summed E-state index contributed by atoms with van der Waals surface area (Å²) in [6, 6.07) is 3.76. The van der Waals surface area contributed by atoms with Crippen molar-refractivity contribution in [3.05, 3.63) is 46.3 Å². The fourth-order valence-corrected chi connectivity index (χ4v) is 4.74. The van der Waals surface area contributed by atoms with Crippen molar-refractivity contribution < 1.29 is 23.8 Å². The van der Waals surface area contributed by atoms with E-state index < -0.39 is 5.97 Å². The van der Waals surface area contributed by atoms with E-state index in [-0.39, 0.29) is 19.1 Å². The van der Waals surface area contributed by atoms with Gasteiger partial charge >= 0.3 is 5.97 Å². The molecule has 0 atom stereocenters. The Morgan fingerprint density at radius 2 is 1.84 bits per heavy atom. The van der Waals surface area contributed by atoms with Crippen LogP contribution in [0.25, 0.3) is 10.1 Å². The third-order valence-electron chi connectivity index (χ3n) is 5.17. The third kappa shape index (κ3) is 4.55. The van der Waals surface area contributed by atoms with Gasteiger partial charge in [0.1, 0.15) is 28.7 Å². The first kappa shape index (κ1) is 23.5. The molecular formula is C24H28N2O5S. The van der Waals surface area contributed by atoms with Gasteiger partial charge in [-0.05, 0) is 33.3 Å². The summed E-state index contributed by atoms with van der Waals surface area (Å²) in [5, 5.41) is 3.99. The first-order valence-electron chi connectivity index (χ1n) is 10.5. The number of amides is 1. The summed E-state index contributed by atoms with van der Waals surface area (Å²) in [6.07, 6.45) is 2.07. The Kier molecular flexibility index (Phi) is 7.35. The number of fused-ring (bicyclic) bond motifs is 1. The van der Waals surface area contributed by atoms with Crippen molar-refractivity contribution >= 4 is 38.3 Å². The van der Waals surface area contributed by atoms with Crippen LogP contribution in [0.1, 0.15) is 53.0 Å². The molecule has 0 unspecified atom stereocenters. The summed E-state index contributed by atoms with van der Waals surface area (Å²) in [5.41, 5.74) is 3.92. The summed E-state index contributed by atoms with van der Waals surface area (Å²) in [6.45, 7) is 9.84. The molecule has 0 saturated carbocycles. The number of carbonyl (C=O) groups excluding carboxylic acids is 2. The number of nitrogens with zero attached hydrogens (tertiary/aromatic N) is 1. The summed E-state index contributed by atoms with van der Waals surface area (Å²) in [7, 11) is 1.64. The Morgan fingerprint density at radius 1 is 1.09 bits per heavy atom. The molecule has 1 amide bonds. The zero-order valence-corrected chi connectivity index (χ0v) is 20.1. The molecule has 0 aliphatic carbocycles. The van der Waals surface area contributed by atoms with Crippen molar-refractivity contribution in [2.75, 3.05) is 19.0 Å². The van der Waals surface area contributed by atoms with Gasteiger partial charge in [0.05, 0.1) is 24.1 Å². The molecule has 0 saturated heterocycles. The lowest BCUT2D eigenvalue weighted by atomic mass is 10.1. The molecule has 3 rings (SSSR count). The lowest BCUT2D eigenvalue weighted by Crippen LogP contribution is -2.12. The molecule has 0 spiro atoms. The average molecular weight is 457 g/mol. The second-order valence-corrected chi connectivity index (χ2v) is 8.37. The van der Waals surface area contributed by atoms with Gasteiger partial charge in [0, 0.05) is 29.1 Å². The summed E-state index contributed by atoms with van der Waals surface area (Å²) >= 11 is 1.31. The van der Waals surface area contributed by atoms with E-state index >= 15 is 0 Å². The Labute approximate surface area is 191 Å². The van der Waals surface area contributed by atoms with E-state index in [0.717, 1.165) is 32.8 Å². The number of aromatic nitrogens is 1. The molecule has 0 radical (unpaired) electrons. The van der Waals surface area contributed by atoms with Crippen LogP contribution in [0.5, 0.6) is 11.5 Å². The number of ether oxygens (including phenoxy) is 3. The number of nitrogens with one attached hydrogen (secondary N) is 1. The van der Waals surface area contributed by atoms with Crippen LogP contribution in [-0.4, -0.2) is 30.6 Å². The SMILES string of the molecule is CCOC(=O)c1c(NC(=O)CC)sc2c(OCc3ncc(C)c(OC)c3C)c(C)ccc12. The number of pyridine rings is 1. The van der Waals surface area contributed by atoms with Gasteiger partial charge < -0.3 is 19.5 Å². The predicted molar refractivity (Wildman–Crippen MR) is 126 cm³/mol. The number of hydrogen-bond acceptors (Lipinski definition) is 7. The Balaban J connectivity index is 2.06. The molecule has 7 nitrogen and oxygen atoms in total. The van der Waals surface area contributed by atoms with E-state index in [4.69, 9.17) is 14.2 Å². The number of methoxy groups -OCH3 is 1. The van der Waals surface area contributed by atoms with Crippen molar-refractivity contribution in [2.24, 2.45) is 0 Å². The van der Waals surface area contributed by atoms with Crippen molar-refractivity contribution in [1.82, 2.24) is 4.98 Å². The maximum absolute atomic E-state index is 12.7. The molecule has 3 aromatic rings. The minimum Gasteiger partial charge on any atom is -0.496 e.